The van der Waals surface area contributed by atoms with Gasteiger partial charge in [0.2, 0.25) is 0 Å². The van der Waals surface area contributed by atoms with Crippen LogP contribution in [0.4, 0.5) is 0 Å². The van der Waals surface area contributed by atoms with E-state index in [0.29, 0.717) is 5.82 Å². The lowest BCUT2D eigenvalue weighted by molar-refractivity contribution is 0.427. The van der Waals surface area contributed by atoms with Crippen LogP contribution in [0, 0.1) is 13.8 Å². The Morgan fingerprint density at radius 3 is 2.61 bits per heavy atom. The molecule has 0 saturated heterocycles. The van der Waals surface area contributed by atoms with E-state index in [0.717, 1.165) is 28.4 Å². The summed E-state index contributed by atoms with van der Waals surface area (Å²) < 4.78 is 5.25. The first-order valence-corrected chi connectivity index (χ1v) is 5.65. The van der Waals surface area contributed by atoms with Crippen LogP contribution in [0.1, 0.15) is 11.5 Å². The minimum absolute atomic E-state index is 0.686. The van der Waals surface area contributed by atoms with Gasteiger partial charge < -0.3 is 4.52 Å². The first-order valence-electron chi connectivity index (χ1n) is 5.65. The Hall–Kier alpha value is -2.43. The van der Waals surface area contributed by atoms with Gasteiger partial charge in [-0.05, 0) is 19.9 Å². The van der Waals surface area contributed by atoms with Gasteiger partial charge in [-0.15, -0.1) is 0 Å². The molecule has 0 fully saturated rings. The maximum Gasteiger partial charge on any atom is 0.181 e. The molecule has 0 amide bonds. The Morgan fingerprint density at radius 2 is 1.94 bits per heavy atom. The number of rotatable bonds is 2. The second-order valence-corrected chi connectivity index (χ2v) is 4.16. The third-order valence-corrected chi connectivity index (χ3v) is 2.63. The van der Waals surface area contributed by atoms with Crippen molar-refractivity contribution in [2.45, 2.75) is 13.8 Å². The van der Waals surface area contributed by atoms with Crippen LogP contribution in [0.2, 0.25) is 0 Å². The maximum atomic E-state index is 5.25. The van der Waals surface area contributed by atoms with Crippen molar-refractivity contribution in [1.29, 1.82) is 0 Å². The van der Waals surface area contributed by atoms with Gasteiger partial charge in [-0.3, -0.25) is 5.10 Å². The largest absolute Gasteiger partial charge is 0.356 e. The zero-order chi connectivity index (χ0) is 12.5. The number of hydrogen-bond donors (Lipinski definition) is 1. The standard InChI is InChI=1S/C13H12N4O/c1-8-6-12(18-17-8)10-4-3-5-11(7-10)13-14-9(2)15-16-13/h3-7H,1-2H3,(H,14,15,16). The molecule has 5 heteroatoms. The molecule has 5 nitrogen and oxygen atoms in total. The molecule has 0 radical (unpaired) electrons. The number of nitrogens with one attached hydrogen (secondary N) is 1. The average molecular weight is 240 g/mol. The zero-order valence-electron chi connectivity index (χ0n) is 10.1. The normalized spacial score (nSPS) is 10.8. The topological polar surface area (TPSA) is 67.6 Å². The second kappa shape index (κ2) is 4.10. The highest BCUT2D eigenvalue weighted by Crippen LogP contribution is 2.24. The average Bonchev–Trinajstić information content (AvgIpc) is 2.98. The summed E-state index contributed by atoms with van der Waals surface area (Å²) in [7, 11) is 0. The molecule has 0 saturated carbocycles. The van der Waals surface area contributed by atoms with E-state index in [1.54, 1.807) is 0 Å². The van der Waals surface area contributed by atoms with Gasteiger partial charge in [0.1, 0.15) is 5.82 Å². The van der Waals surface area contributed by atoms with Crippen molar-refractivity contribution in [3.63, 3.8) is 0 Å². The van der Waals surface area contributed by atoms with Crippen LogP contribution in [0.15, 0.2) is 34.9 Å². The van der Waals surface area contributed by atoms with Gasteiger partial charge in [-0.1, -0.05) is 23.4 Å². The monoisotopic (exact) mass is 240 g/mol. The lowest BCUT2D eigenvalue weighted by atomic mass is 10.1. The van der Waals surface area contributed by atoms with E-state index in [2.05, 4.69) is 20.3 Å². The van der Waals surface area contributed by atoms with Crippen molar-refractivity contribution in [1.82, 2.24) is 20.3 Å². The highest BCUT2D eigenvalue weighted by atomic mass is 16.5. The highest BCUT2D eigenvalue weighted by Gasteiger charge is 2.08. The van der Waals surface area contributed by atoms with Gasteiger partial charge in [-0.2, -0.15) is 5.10 Å². The first kappa shape index (κ1) is 10.7. The van der Waals surface area contributed by atoms with Gasteiger partial charge in [0.15, 0.2) is 11.6 Å². The third-order valence-electron chi connectivity index (χ3n) is 2.63. The second-order valence-electron chi connectivity index (χ2n) is 4.16. The summed E-state index contributed by atoms with van der Waals surface area (Å²) in [6.45, 7) is 3.77. The molecule has 0 atom stereocenters. The predicted molar refractivity (Wildman–Crippen MR) is 66.8 cm³/mol. The summed E-state index contributed by atoms with van der Waals surface area (Å²) in [4.78, 5) is 4.31. The van der Waals surface area contributed by atoms with Gasteiger partial charge in [0, 0.05) is 17.2 Å². The fourth-order valence-electron chi connectivity index (χ4n) is 1.78. The quantitative estimate of drug-likeness (QED) is 0.747. The molecule has 0 aliphatic carbocycles. The van der Waals surface area contributed by atoms with Crippen LogP contribution in [0.3, 0.4) is 0 Å². The lowest BCUT2D eigenvalue weighted by Gasteiger charge is -1.98. The van der Waals surface area contributed by atoms with Gasteiger partial charge in [0.25, 0.3) is 0 Å². The summed E-state index contributed by atoms with van der Waals surface area (Å²) in [5, 5.41) is 10.9. The molecule has 3 aromatic rings. The molecule has 2 heterocycles. The van der Waals surface area contributed by atoms with Crippen LogP contribution in [-0.4, -0.2) is 20.3 Å². The van der Waals surface area contributed by atoms with E-state index in [1.165, 1.54) is 0 Å². The van der Waals surface area contributed by atoms with E-state index in [9.17, 15) is 0 Å². The number of hydrogen-bond acceptors (Lipinski definition) is 4. The zero-order valence-corrected chi connectivity index (χ0v) is 10.1. The molecule has 1 N–H and O–H groups in total. The summed E-state index contributed by atoms with van der Waals surface area (Å²) in [5.74, 6) is 2.23. The summed E-state index contributed by atoms with van der Waals surface area (Å²) in [6.07, 6.45) is 0. The SMILES string of the molecule is Cc1cc(-c2cccc(-c3n[nH]c(C)n3)c2)on1. The molecule has 0 aliphatic rings. The number of aryl methyl sites for hydroxylation is 2. The first-order chi connectivity index (χ1) is 8.72. The Kier molecular flexibility index (Phi) is 2.44. The molecular formula is C13H12N4O. The van der Waals surface area contributed by atoms with E-state index < -0.39 is 0 Å². The van der Waals surface area contributed by atoms with Crippen molar-refractivity contribution >= 4 is 0 Å². The Labute approximate surface area is 104 Å². The van der Waals surface area contributed by atoms with Crippen LogP contribution >= 0.6 is 0 Å². The molecule has 3 rings (SSSR count). The van der Waals surface area contributed by atoms with Crippen molar-refractivity contribution in [2.75, 3.05) is 0 Å². The molecular weight excluding hydrogens is 228 g/mol. The molecule has 0 aliphatic heterocycles. The number of H-pyrrole nitrogens is 1. The number of nitrogens with zero attached hydrogens (tertiary/aromatic N) is 3. The molecule has 2 aromatic heterocycles. The van der Waals surface area contributed by atoms with Gasteiger partial charge >= 0.3 is 0 Å². The summed E-state index contributed by atoms with van der Waals surface area (Å²) in [5.41, 5.74) is 2.78. The van der Waals surface area contributed by atoms with E-state index in [-0.39, 0.29) is 0 Å². The van der Waals surface area contributed by atoms with Gasteiger partial charge in [0.05, 0.1) is 5.69 Å². The molecule has 0 bridgehead atoms. The lowest BCUT2D eigenvalue weighted by Crippen LogP contribution is -1.82. The van der Waals surface area contributed by atoms with Crippen molar-refractivity contribution in [2.24, 2.45) is 0 Å². The molecule has 0 spiro atoms. The van der Waals surface area contributed by atoms with Crippen molar-refractivity contribution in [3.05, 3.63) is 41.9 Å². The smallest absolute Gasteiger partial charge is 0.181 e. The Balaban J connectivity index is 2.04. The fraction of sp³-hybridized carbons (Fsp3) is 0.154. The van der Waals surface area contributed by atoms with Crippen LogP contribution in [0.25, 0.3) is 22.7 Å². The van der Waals surface area contributed by atoms with Crippen LogP contribution in [0.5, 0.6) is 0 Å². The van der Waals surface area contributed by atoms with E-state index >= 15 is 0 Å². The van der Waals surface area contributed by atoms with E-state index in [1.807, 2.05) is 44.2 Å². The number of aromatic amines is 1. The van der Waals surface area contributed by atoms with Crippen molar-refractivity contribution in [3.8, 4) is 22.7 Å². The molecule has 18 heavy (non-hydrogen) atoms. The molecule has 1 aromatic carbocycles. The minimum atomic E-state index is 0.686. The van der Waals surface area contributed by atoms with Crippen LogP contribution in [-0.2, 0) is 0 Å². The summed E-state index contributed by atoms with van der Waals surface area (Å²) in [6, 6.07) is 9.79. The van der Waals surface area contributed by atoms with Crippen molar-refractivity contribution < 1.29 is 4.52 Å². The van der Waals surface area contributed by atoms with E-state index in [4.69, 9.17) is 4.52 Å². The fourth-order valence-corrected chi connectivity index (χ4v) is 1.78. The molecule has 90 valence electrons. The Morgan fingerprint density at radius 1 is 1.11 bits per heavy atom. The maximum absolute atomic E-state index is 5.25. The highest BCUT2D eigenvalue weighted by molar-refractivity contribution is 5.66. The Bertz CT molecular complexity index is 628. The minimum Gasteiger partial charge on any atom is -0.356 e. The number of benzene rings is 1. The van der Waals surface area contributed by atoms with Gasteiger partial charge in [-0.25, -0.2) is 4.98 Å². The third kappa shape index (κ3) is 1.90. The predicted octanol–water partition coefficient (Wildman–Crippen LogP) is 2.74. The van der Waals surface area contributed by atoms with Crippen LogP contribution < -0.4 is 0 Å². The summed E-state index contributed by atoms with van der Waals surface area (Å²) >= 11 is 0. The molecule has 0 unspecified atom stereocenters. The number of aromatic nitrogens is 4.